The number of aromatic amines is 1. The largest absolute Gasteiger partial charge is 0.378 e. The summed E-state index contributed by atoms with van der Waals surface area (Å²) in [7, 11) is 0. The third kappa shape index (κ3) is 3.83. The molecule has 9 nitrogen and oxygen atoms in total. The zero-order chi connectivity index (χ0) is 22.4. The highest BCUT2D eigenvalue weighted by molar-refractivity contribution is 6.34. The van der Waals surface area contributed by atoms with Crippen molar-refractivity contribution in [2.24, 2.45) is 0 Å². The Morgan fingerprint density at radius 1 is 1.21 bits per heavy atom. The Morgan fingerprint density at radius 3 is 2.79 bits per heavy atom. The van der Waals surface area contributed by atoms with Gasteiger partial charge in [0.05, 0.1) is 47.6 Å². The van der Waals surface area contributed by atoms with Gasteiger partial charge in [-0.1, -0.05) is 11.6 Å². The number of fused-ring (bicyclic) bond motifs is 1. The van der Waals surface area contributed by atoms with Crippen LogP contribution >= 0.6 is 11.6 Å². The average molecular weight is 464 g/mol. The van der Waals surface area contributed by atoms with Crippen molar-refractivity contribution in [1.29, 1.82) is 0 Å². The van der Waals surface area contributed by atoms with E-state index in [1.165, 1.54) is 0 Å². The van der Waals surface area contributed by atoms with Crippen molar-refractivity contribution >= 4 is 34.7 Å². The molecule has 168 valence electrons. The van der Waals surface area contributed by atoms with Gasteiger partial charge in [0, 0.05) is 42.7 Å². The van der Waals surface area contributed by atoms with Gasteiger partial charge in [-0.25, -0.2) is 9.97 Å². The standard InChI is InChI=1S/C23H22ClN7O2/c24-18-9-16(3-4-17(18)23(32)30-5-7-33-8-6-30)28-21-22-25-12-20(15-10-26-27-11-15)31(22)13-19(29-21)14-1-2-14/h3-4,9-14H,1-2,5-8H2,(H,26,27)(H,28,29). The smallest absolute Gasteiger partial charge is 0.255 e. The quantitative estimate of drug-likeness (QED) is 0.466. The molecule has 1 saturated heterocycles. The predicted octanol–water partition coefficient (Wildman–Crippen LogP) is 3.87. The van der Waals surface area contributed by atoms with Crippen molar-refractivity contribution in [3.63, 3.8) is 0 Å². The number of carbonyl (C=O) groups is 1. The summed E-state index contributed by atoms with van der Waals surface area (Å²) in [6.45, 7) is 2.24. The summed E-state index contributed by atoms with van der Waals surface area (Å²) in [6, 6.07) is 5.37. The summed E-state index contributed by atoms with van der Waals surface area (Å²) in [5.41, 5.74) is 4.86. The monoisotopic (exact) mass is 463 g/mol. The lowest BCUT2D eigenvalue weighted by atomic mass is 10.1. The van der Waals surface area contributed by atoms with Gasteiger partial charge in [0.15, 0.2) is 11.5 Å². The van der Waals surface area contributed by atoms with Crippen molar-refractivity contribution in [2.45, 2.75) is 18.8 Å². The number of imidazole rings is 1. The van der Waals surface area contributed by atoms with Gasteiger partial charge in [0.1, 0.15) is 0 Å². The summed E-state index contributed by atoms with van der Waals surface area (Å²) >= 11 is 6.52. The second-order valence-electron chi connectivity index (χ2n) is 8.34. The second kappa shape index (κ2) is 8.17. The van der Waals surface area contributed by atoms with Crippen LogP contribution in [0.5, 0.6) is 0 Å². The molecule has 2 N–H and O–H groups in total. The summed E-state index contributed by atoms with van der Waals surface area (Å²) in [6.07, 6.45) is 9.77. The van der Waals surface area contributed by atoms with Crippen LogP contribution in [0.4, 0.5) is 11.5 Å². The number of aromatic nitrogens is 5. The fraction of sp³-hybridized carbons (Fsp3) is 0.304. The lowest BCUT2D eigenvalue weighted by Gasteiger charge is -2.27. The van der Waals surface area contributed by atoms with Crippen molar-refractivity contribution in [1.82, 2.24) is 29.5 Å². The van der Waals surface area contributed by atoms with Crippen LogP contribution in [0.15, 0.2) is 43.0 Å². The summed E-state index contributed by atoms with van der Waals surface area (Å²) in [5, 5.41) is 10.7. The van der Waals surface area contributed by atoms with E-state index in [2.05, 4.69) is 26.7 Å². The maximum absolute atomic E-state index is 12.8. The first-order valence-electron chi connectivity index (χ1n) is 11.0. The van der Waals surface area contributed by atoms with E-state index in [9.17, 15) is 4.79 Å². The Bertz CT molecular complexity index is 1320. The minimum absolute atomic E-state index is 0.0795. The van der Waals surface area contributed by atoms with Gasteiger partial charge in [0.25, 0.3) is 5.91 Å². The van der Waals surface area contributed by atoms with Gasteiger partial charge in [0.2, 0.25) is 0 Å². The van der Waals surface area contributed by atoms with Crippen LogP contribution in [0.25, 0.3) is 16.9 Å². The number of amides is 1. The normalized spacial score (nSPS) is 16.3. The molecule has 6 rings (SSSR count). The topological polar surface area (TPSA) is 100 Å². The first-order valence-corrected chi connectivity index (χ1v) is 11.4. The van der Waals surface area contributed by atoms with E-state index in [0.29, 0.717) is 54.3 Å². The SMILES string of the molecule is O=C(c1ccc(Nc2nc(C3CC3)cn3c(-c4cn[nH]c4)cnc23)cc1Cl)N1CCOCC1. The molecule has 1 saturated carbocycles. The van der Waals surface area contributed by atoms with Crippen LogP contribution in [0.3, 0.4) is 0 Å². The molecular formula is C23H22ClN7O2. The number of hydrogen-bond acceptors (Lipinski definition) is 6. The molecule has 0 bridgehead atoms. The Balaban J connectivity index is 1.33. The van der Waals surface area contributed by atoms with E-state index in [1.807, 2.05) is 22.9 Å². The zero-order valence-electron chi connectivity index (χ0n) is 17.8. The van der Waals surface area contributed by atoms with Gasteiger partial charge in [-0.05, 0) is 31.0 Å². The fourth-order valence-electron chi connectivity index (χ4n) is 4.11. The molecule has 4 aromatic rings. The minimum Gasteiger partial charge on any atom is -0.378 e. The average Bonchev–Trinajstić information content (AvgIpc) is 3.37. The van der Waals surface area contributed by atoms with Gasteiger partial charge in [-0.15, -0.1) is 0 Å². The Morgan fingerprint density at radius 2 is 2.06 bits per heavy atom. The molecule has 0 radical (unpaired) electrons. The Labute approximate surface area is 194 Å². The highest BCUT2D eigenvalue weighted by atomic mass is 35.5. The maximum atomic E-state index is 12.8. The second-order valence-corrected chi connectivity index (χ2v) is 8.74. The minimum atomic E-state index is -0.0795. The van der Waals surface area contributed by atoms with Crippen LogP contribution in [0, 0.1) is 0 Å². The van der Waals surface area contributed by atoms with Gasteiger partial charge in [-0.2, -0.15) is 5.10 Å². The molecule has 3 aromatic heterocycles. The van der Waals surface area contributed by atoms with E-state index in [-0.39, 0.29) is 5.91 Å². The molecule has 2 fully saturated rings. The molecule has 0 spiro atoms. The maximum Gasteiger partial charge on any atom is 0.255 e. The zero-order valence-corrected chi connectivity index (χ0v) is 18.5. The number of anilines is 2. The molecule has 0 atom stereocenters. The molecule has 2 aliphatic rings. The number of nitrogens with one attached hydrogen (secondary N) is 2. The third-order valence-corrected chi connectivity index (χ3v) is 6.37. The molecular weight excluding hydrogens is 442 g/mol. The van der Waals surface area contributed by atoms with Crippen molar-refractivity contribution in [3.8, 4) is 11.3 Å². The van der Waals surface area contributed by atoms with Crippen molar-refractivity contribution < 1.29 is 9.53 Å². The van der Waals surface area contributed by atoms with Crippen LogP contribution in [0.2, 0.25) is 5.02 Å². The molecule has 1 aromatic carbocycles. The highest BCUT2D eigenvalue weighted by Crippen LogP contribution is 2.40. The van der Waals surface area contributed by atoms with Gasteiger partial charge in [-0.3, -0.25) is 14.3 Å². The van der Waals surface area contributed by atoms with E-state index in [1.54, 1.807) is 23.2 Å². The number of hydrogen-bond donors (Lipinski definition) is 2. The van der Waals surface area contributed by atoms with Gasteiger partial charge < -0.3 is 15.0 Å². The summed E-state index contributed by atoms with van der Waals surface area (Å²) in [4.78, 5) is 24.1. The summed E-state index contributed by atoms with van der Waals surface area (Å²) in [5.74, 6) is 1.04. The number of rotatable bonds is 5. The molecule has 4 heterocycles. The van der Waals surface area contributed by atoms with Crippen molar-refractivity contribution in [2.75, 3.05) is 31.6 Å². The molecule has 10 heteroatoms. The van der Waals surface area contributed by atoms with Crippen LogP contribution in [-0.4, -0.2) is 61.7 Å². The van der Waals surface area contributed by atoms with E-state index in [4.69, 9.17) is 21.3 Å². The number of ether oxygens (including phenoxy) is 1. The molecule has 33 heavy (non-hydrogen) atoms. The molecule has 0 unspecified atom stereocenters. The first-order chi connectivity index (χ1) is 16.2. The summed E-state index contributed by atoms with van der Waals surface area (Å²) < 4.78 is 7.38. The number of H-pyrrole nitrogens is 1. The van der Waals surface area contributed by atoms with E-state index >= 15 is 0 Å². The number of halogens is 1. The molecule has 1 aliphatic carbocycles. The number of nitrogens with zero attached hydrogens (tertiary/aromatic N) is 5. The molecule has 1 amide bonds. The number of carbonyl (C=O) groups excluding carboxylic acids is 1. The number of benzene rings is 1. The van der Waals surface area contributed by atoms with Gasteiger partial charge >= 0.3 is 0 Å². The van der Waals surface area contributed by atoms with Crippen molar-refractivity contribution in [3.05, 3.63) is 59.3 Å². The Hall–Kier alpha value is -3.43. The number of morpholine rings is 1. The first kappa shape index (κ1) is 20.2. The van der Waals surface area contributed by atoms with Crippen LogP contribution in [-0.2, 0) is 4.74 Å². The lowest BCUT2D eigenvalue weighted by molar-refractivity contribution is 0.0303. The fourth-order valence-corrected chi connectivity index (χ4v) is 4.37. The lowest BCUT2D eigenvalue weighted by Crippen LogP contribution is -2.40. The third-order valence-electron chi connectivity index (χ3n) is 6.06. The van der Waals surface area contributed by atoms with Crippen LogP contribution in [0.1, 0.15) is 34.8 Å². The predicted molar refractivity (Wildman–Crippen MR) is 124 cm³/mol. The van der Waals surface area contributed by atoms with Crippen LogP contribution < -0.4 is 5.32 Å². The highest BCUT2D eigenvalue weighted by Gasteiger charge is 2.27. The van der Waals surface area contributed by atoms with E-state index in [0.717, 1.165) is 35.5 Å². The Kier molecular flexibility index (Phi) is 5.00. The molecule has 1 aliphatic heterocycles. The van der Waals surface area contributed by atoms with E-state index < -0.39 is 0 Å².